The molecule has 2 aliphatic heterocycles. The summed E-state index contributed by atoms with van der Waals surface area (Å²) in [5, 5.41) is 10.3. The van der Waals surface area contributed by atoms with Gasteiger partial charge >= 0.3 is 0 Å². The number of amides is 1. The summed E-state index contributed by atoms with van der Waals surface area (Å²) in [5.41, 5.74) is 0.952. The van der Waals surface area contributed by atoms with E-state index in [0.717, 1.165) is 31.0 Å². The highest BCUT2D eigenvalue weighted by molar-refractivity contribution is 7.89. The van der Waals surface area contributed by atoms with E-state index in [-0.39, 0.29) is 35.9 Å². The number of benzene rings is 1. The van der Waals surface area contributed by atoms with Gasteiger partial charge in [-0.05, 0) is 50.8 Å². The number of allylic oxidation sites excluding steroid dienone is 1. The Morgan fingerprint density at radius 3 is 2.68 bits per heavy atom. The molecule has 7 nitrogen and oxygen atoms in total. The van der Waals surface area contributed by atoms with E-state index < -0.39 is 15.8 Å². The lowest BCUT2D eigenvalue weighted by molar-refractivity contribution is -0.133. The van der Waals surface area contributed by atoms with Crippen LogP contribution in [0.2, 0.25) is 0 Å². The Balaban J connectivity index is 1.40. The Kier molecular flexibility index (Phi) is 6.76. The van der Waals surface area contributed by atoms with E-state index in [1.165, 1.54) is 22.5 Å². The maximum Gasteiger partial charge on any atom is 0.246 e. The third-order valence-corrected chi connectivity index (χ3v) is 8.47. The average Bonchev–Trinajstić information content (AvgIpc) is 3.00. The molecule has 1 aromatic carbocycles. The summed E-state index contributed by atoms with van der Waals surface area (Å²) >= 11 is 0. The third-order valence-electron chi connectivity index (χ3n) is 6.54. The van der Waals surface area contributed by atoms with Crippen LogP contribution in [-0.2, 0) is 14.8 Å². The van der Waals surface area contributed by atoms with Crippen molar-refractivity contribution >= 4 is 15.9 Å². The molecule has 0 radical (unpaired) electrons. The molecule has 0 bridgehead atoms. The molecule has 1 amide bonds. The van der Waals surface area contributed by atoms with Gasteiger partial charge in [0.1, 0.15) is 10.7 Å². The zero-order valence-electron chi connectivity index (χ0n) is 17.6. The van der Waals surface area contributed by atoms with E-state index in [9.17, 15) is 22.7 Å². The number of piperidine rings is 1. The first-order valence-corrected chi connectivity index (χ1v) is 12.5. The van der Waals surface area contributed by atoms with Gasteiger partial charge in [0.2, 0.25) is 15.9 Å². The second-order valence-electron chi connectivity index (χ2n) is 8.53. The fourth-order valence-corrected chi connectivity index (χ4v) is 6.40. The molecule has 2 fully saturated rings. The Hall–Kier alpha value is -1.81. The molecule has 31 heavy (non-hydrogen) atoms. The minimum absolute atomic E-state index is 0.00420. The maximum atomic E-state index is 14.1. The minimum atomic E-state index is -3.91. The van der Waals surface area contributed by atoms with Crippen LogP contribution in [0.1, 0.15) is 32.1 Å². The topological polar surface area (TPSA) is 81.2 Å². The lowest BCUT2D eigenvalue weighted by Crippen LogP contribution is -2.48. The molecule has 170 valence electrons. The highest BCUT2D eigenvalue weighted by atomic mass is 32.2. The summed E-state index contributed by atoms with van der Waals surface area (Å²) < 4.78 is 41.2. The molecule has 0 saturated carbocycles. The zero-order chi connectivity index (χ0) is 22.0. The number of hydrogen-bond donors (Lipinski definition) is 1. The van der Waals surface area contributed by atoms with Gasteiger partial charge in [-0.2, -0.15) is 4.31 Å². The number of carbonyl (C=O) groups is 1. The van der Waals surface area contributed by atoms with Crippen LogP contribution < -0.4 is 0 Å². The van der Waals surface area contributed by atoms with Gasteiger partial charge in [-0.1, -0.05) is 18.2 Å². The highest BCUT2D eigenvalue weighted by Gasteiger charge is 2.36. The van der Waals surface area contributed by atoms with Crippen LogP contribution in [0.25, 0.3) is 0 Å². The Labute approximate surface area is 183 Å². The summed E-state index contributed by atoms with van der Waals surface area (Å²) in [4.78, 5) is 16.6. The largest absolute Gasteiger partial charge is 0.392 e. The lowest BCUT2D eigenvalue weighted by atomic mass is 9.82. The first-order valence-electron chi connectivity index (χ1n) is 11.0. The van der Waals surface area contributed by atoms with Gasteiger partial charge in [0.25, 0.3) is 0 Å². The predicted molar refractivity (Wildman–Crippen MR) is 114 cm³/mol. The van der Waals surface area contributed by atoms with E-state index >= 15 is 0 Å². The predicted octanol–water partition coefficient (Wildman–Crippen LogP) is 1.80. The van der Waals surface area contributed by atoms with Crippen molar-refractivity contribution in [3.63, 3.8) is 0 Å². The van der Waals surface area contributed by atoms with Gasteiger partial charge in [-0.3, -0.25) is 9.69 Å². The van der Waals surface area contributed by atoms with Crippen LogP contribution in [0.5, 0.6) is 0 Å². The molecule has 0 aromatic heterocycles. The lowest BCUT2D eigenvalue weighted by Gasteiger charge is -2.41. The normalized spacial score (nSPS) is 26.1. The van der Waals surface area contributed by atoms with Crippen LogP contribution in [0, 0.1) is 11.7 Å². The van der Waals surface area contributed by atoms with Crippen molar-refractivity contribution in [1.82, 2.24) is 14.1 Å². The molecule has 2 heterocycles. The molecule has 9 heteroatoms. The summed E-state index contributed by atoms with van der Waals surface area (Å²) in [7, 11) is -3.91. The first-order chi connectivity index (χ1) is 14.9. The summed E-state index contributed by atoms with van der Waals surface area (Å²) in [6, 6.07) is 5.42. The molecule has 2 saturated heterocycles. The third kappa shape index (κ3) is 4.69. The van der Waals surface area contributed by atoms with Gasteiger partial charge in [0, 0.05) is 37.8 Å². The number of carbonyl (C=O) groups excluding carboxylic acids is 1. The van der Waals surface area contributed by atoms with Crippen molar-refractivity contribution in [3.8, 4) is 0 Å². The number of fused-ring (bicyclic) bond motifs is 1. The number of hydrogen-bond acceptors (Lipinski definition) is 5. The van der Waals surface area contributed by atoms with Crippen molar-refractivity contribution in [2.24, 2.45) is 5.92 Å². The summed E-state index contributed by atoms with van der Waals surface area (Å²) in [6.45, 7) is 2.27. The molecule has 1 aromatic rings. The fraction of sp³-hybridized carbons (Fsp3) is 0.591. The molecule has 0 spiro atoms. The average molecular weight is 452 g/mol. The van der Waals surface area contributed by atoms with Gasteiger partial charge < -0.3 is 10.0 Å². The maximum absolute atomic E-state index is 14.1. The van der Waals surface area contributed by atoms with Crippen molar-refractivity contribution in [2.45, 2.75) is 43.1 Å². The Bertz CT molecular complexity index is 952. The van der Waals surface area contributed by atoms with Crippen LogP contribution >= 0.6 is 0 Å². The zero-order valence-corrected chi connectivity index (χ0v) is 18.4. The molecule has 2 atom stereocenters. The number of aliphatic hydroxyl groups is 1. The number of rotatable bonds is 4. The second kappa shape index (κ2) is 9.36. The van der Waals surface area contributed by atoms with E-state index in [0.29, 0.717) is 39.0 Å². The number of nitrogens with zero attached hydrogens (tertiary/aromatic N) is 3. The number of halogens is 1. The SMILES string of the molecule is O=C(CN1CCCN(S(=O)(=O)c2ccccc2F)CC1)N1CCC(O)C2CCCC=C21. The second-order valence-corrected chi connectivity index (χ2v) is 10.4. The van der Waals surface area contributed by atoms with Gasteiger partial charge in [-0.25, -0.2) is 12.8 Å². The number of likely N-dealkylation sites (tertiary alicyclic amines) is 1. The molecule has 1 aliphatic carbocycles. The standard InChI is InChI=1S/C22H30FN3O4S/c23-18-7-2-4-9-21(18)31(29,30)25-12-5-11-24(14-15-25)16-22(28)26-13-10-20(27)17-6-1-3-8-19(17)26/h2,4,7-9,17,20,27H,1,3,5-6,10-16H2. The van der Waals surface area contributed by atoms with Gasteiger partial charge in [0.05, 0.1) is 12.6 Å². The first kappa shape index (κ1) is 22.4. The molecule has 4 rings (SSSR count). The van der Waals surface area contributed by atoms with Crippen molar-refractivity contribution in [2.75, 3.05) is 39.3 Å². The van der Waals surface area contributed by atoms with Crippen LogP contribution in [0.15, 0.2) is 40.9 Å². The van der Waals surface area contributed by atoms with E-state index in [4.69, 9.17) is 0 Å². The monoisotopic (exact) mass is 451 g/mol. The number of aliphatic hydroxyl groups excluding tert-OH is 1. The van der Waals surface area contributed by atoms with E-state index in [1.54, 1.807) is 0 Å². The quantitative estimate of drug-likeness (QED) is 0.755. The van der Waals surface area contributed by atoms with Crippen LogP contribution in [0.4, 0.5) is 4.39 Å². The van der Waals surface area contributed by atoms with Crippen molar-refractivity contribution < 1.29 is 22.7 Å². The van der Waals surface area contributed by atoms with Gasteiger partial charge in [0.15, 0.2) is 0 Å². The van der Waals surface area contributed by atoms with Crippen molar-refractivity contribution in [1.29, 1.82) is 0 Å². The molecular weight excluding hydrogens is 421 g/mol. The fourth-order valence-electron chi connectivity index (χ4n) is 4.86. The van der Waals surface area contributed by atoms with Crippen LogP contribution in [-0.4, -0.2) is 78.9 Å². The highest BCUT2D eigenvalue weighted by Crippen LogP contribution is 2.35. The molecule has 3 aliphatic rings. The molecular formula is C22H30FN3O4S. The van der Waals surface area contributed by atoms with Crippen molar-refractivity contribution in [3.05, 3.63) is 41.9 Å². The van der Waals surface area contributed by atoms with E-state index in [1.807, 2.05) is 9.80 Å². The Morgan fingerprint density at radius 2 is 1.87 bits per heavy atom. The molecule has 1 N–H and O–H groups in total. The minimum Gasteiger partial charge on any atom is -0.392 e. The van der Waals surface area contributed by atoms with Crippen LogP contribution in [0.3, 0.4) is 0 Å². The summed E-state index contributed by atoms with van der Waals surface area (Å²) in [5.74, 6) is -0.714. The summed E-state index contributed by atoms with van der Waals surface area (Å²) in [6.07, 6.45) is 5.72. The smallest absolute Gasteiger partial charge is 0.246 e. The Morgan fingerprint density at radius 1 is 1.06 bits per heavy atom. The molecule has 2 unspecified atom stereocenters. The number of sulfonamides is 1. The van der Waals surface area contributed by atoms with Gasteiger partial charge in [-0.15, -0.1) is 0 Å². The van der Waals surface area contributed by atoms with E-state index in [2.05, 4.69) is 6.08 Å².